The minimum absolute atomic E-state index is 0.0778. The third kappa shape index (κ3) is 5.62. The van der Waals surface area contributed by atoms with Crippen LogP contribution in [0.15, 0.2) is 59.5 Å². The Morgan fingerprint density at radius 3 is 2.24 bits per heavy atom. The van der Waals surface area contributed by atoms with Crippen LogP contribution in [0.2, 0.25) is 0 Å². The van der Waals surface area contributed by atoms with Gasteiger partial charge in [-0.3, -0.25) is 9.48 Å². The highest BCUT2D eigenvalue weighted by Crippen LogP contribution is 2.33. The fourth-order valence-corrected chi connectivity index (χ4v) is 4.19. The van der Waals surface area contributed by atoms with E-state index in [2.05, 4.69) is 5.10 Å². The first-order chi connectivity index (χ1) is 15.2. The molecule has 10 heteroatoms. The molecule has 0 unspecified atom stereocenters. The van der Waals surface area contributed by atoms with Gasteiger partial charge in [0.1, 0.15) is 5.69 Å². The molecule has 0 radical (unpaired) electrons. The summed E-state index contributed by atoms with van der Waals surface area (Å²) in [5, 5.41) is 4.35. The predicted molar refractivity (Wildman–Crippen MR) is 117 cm³/mol. The Hall–Kier alpha value is -3.14. The molecular formula is C23H24F3N3O3S. The largest absolute Gasteiger partial charge is 0.416 e. The van der Waals surface area contributed by atoms with E-state index in [9.17, 15) is 26.4 Å². The molecule has 0 atom stereocenters. The highest BCUT2D eigenvalue weighted by atomic mass is 32.2. The van der Waals surface area contributed by atoms with E-state index in [4.69, 9.17) is 0 Å². The average Bonchev–Trinajstić information content (AvgIpc) is 3.12. The number of benzene rings is 2. The summed E-state index contributed by atoms with van der Waals surface area (Å²) in [4.78, 5) is 12.8. The van der Waals surface area contributed by atoms with E-state index < -0.39 is 33.1 Å². The van der Waals surface area contributed by atoms with Gasteiger partial charge >= 0.3 is 6.18 Å². The van der Waals surface area contributed by atoms with Crippen LogP contribution >= 0.6 is 0 Å². The highest BCUT2D eigenvalue weighted by Gasteiger charge is 2.34. The molecule has 6 nitrogen and oxygen atoms in total. The van der Waals surface area contributed by atoms with Gasteiger partial charge in [-0.2, -0.15) is 18.3 Å². The Kier molecular flexibility index (Phi) is 6.43. The fraction of sp³-hybridized carbons (Fsp3) is 0.304. The second-order valence-electron chi connectivity index (χ2n) is 8.73. The molecule has 1 N–H and O–H groups in total. The van der Waals surface area contributed by atoms with Crippen LogP contribution in [-0.4, -0.2) is 24.1 Å². The maximum absolute atomic E-state index is 13.6. The van der Waals surface area contributed by atoms with E-state index in [1.807, 2.05) is 25.5 Å². The Morgan fingerprint density at radius 2 is 1.67 bits per heavy atom. The number of rotatable bonds is 5. The van der Waals surface area contributed by atoms with Crippen LogP contribution in [-0.2, 0) is 28.2 Å². The summed E-state index contributed by atoms with van der Waals surface area (Å²) in [5.74, 6) is -0.983. The maximum Gasteiger partial charge on any atom is 0.416 e. The third-order valence-corrected chi connectivity index (χ3v) is 6.29. The monoisotopic (exact) mass is 479 g/mol. The summed E-state index contributed by atoms with van der Waals surface area (Å²) in [6, 6.07) is 12.4. The lowest BCUT2D eigenvalue weighted by atomic mass is 9.92. The van der Waals surface area contributed by atoms with Crippen LogP contribution in [0.5, 0.6) is 0 Å². The number of carbonyl (C=O) groups excluding carboxylic acids is 1. The normalized spacial score (nSPS) is 12.6. The second-order valence-corrected chi connectivity index (χ2v) is 10.4. The Labute approximate surface area is 190 Å². The van der Waals surface area contributed by atoms with E-state index in [1.54, 1.807) is 13.0 Å². The Balaban J connectivity index is 2.05. The highest BCUT2D eigenvalue weighted by molar-refractivity contribution is 7.90. The lowest BCUT2D eigenvalue weighted by Gasteiger charge is -2.16. The van der Waals surface area contributed by atoms with E-state index in [0.29, 0.717) is 11.3 Å². The molecule has 0 aliphatic heterocycles. The van der Waals surface area contributed by atoms with Crippen molar-refractivity contribution in [1.29, 1.82) is 0 Å². The number of hydrogen-bond acceptors (Lipinski definition) is 4. The molecule has 0 fully saturated rings. The first kappa shape index (κ1) is 24.5. The number of carbonyl (C=O) groups is 1. The van der Waals surface area contributed by atoms with Gasteiger partial charge in [0.2, 0.25) is 0 Å². The van der Waals surface area contributed by atoms with Crippen LogP contribution in [0.25, 0.3) is 0 Å². The number of nitrogens with zero attached hydrogens (tertiary/aromatic N) is 2. The van der Waals surface area contributed by atoms with Crippen molar-refractivity contribution in [2.45, 2.75) is 50.7 Å². The Morgan fingerprint density at radius 1 is 1.03 bits per heavy atom. The minimum atomic E-state index is -4.60. The summed E-state index contributed by atoms with van der Waals surface area (Å²) in [7, 11) is -4.18. The van der Waals surface area contributed by atoms with Gasteiger partial charge in [0.25, 0.3) is 15.9 Å². The topological polar surface area (TPSA) is 81.1 Å². The number of nitrogens with one attached hydrogen (secondary N) is 1. The van der Waals surface area contributed by atoms with Crippen molar-refractivity contribution < 1.29 is 26.4 Å². The van der Waals surface area contributed by atoms with Gasteiger partial charge in [0, 0.05) is 5.41 Å². The zero-order valence-electron chi connectivity index (χ0n) is 18.6. The van der Waals surface area contributed by atoms with Crippen molar-refractivity contribution in [2.75, 3.05) is 0 Å². The number of alkyl halides is 3. The van der Waals surface area contributed by atoms with Gasteiger partial charge in [0.15, 0.2) is 0 Å². The lowest BCUT2D eigenvalue weighted by molar-refractivity contribution is -0.138. The number of aromatic nitrogens is 2. The molecule has 0 aliphatic carbocycles. The number of halogens is 3. The van der Waals surface area contributed by atoms with Crippen molar-refractivity contribution >= 4 is 15.9 Å². The molecule has 0 spiro atoms. The molecule has 1 aromatic heterocycles. The van der Waals surface area contributed by atoms with E-state index in [-0.39, 0.29) is 22.7 Å². The standard InChI is InChI=1S/C23H24F3N3O3S/c1-15-10-11-18(23(24,25)26)16(12-15)14-29-19(13-20(27-29)22(2,3)4)21(30)28-33(31,32)17-8-6-5-7-9-17/h5-13H,14H2,1-4H3,(H,28,30). The summed E-state index contributed by atoms with van der Waals surface area (Å²) in [5.41, 5.74) is -0.563. The van der Waals surface area contributed by atoms with E-state index >= 15 is 0 Å². The van der Waals surface area contributed by atoms with Gasteiger partial charge in [-0.25, -0.2) is 13.1 Å². The lowest BCUT2D eigenvalue weighted by Crippen LogP contribution is -2.32. The Bertz CT molecular complexity index is 1280. The number of sulfonamides is 1. The average molecular weight is 480 g/mol. The molecule has 3 aromatic rings. The number of aryl methyl sites for hydroxylation is 1. The second kappa shape index (κ2) is 8.66. The van der Waals surface area contributed by atoms with Crippen molar-refractivity contribution in [2.24, 2.45) is 0 Å². The zero-order chi connectivity index (χ0) is 24.6. The van der Waals surface area contributed by atoms with Crippen LogP contribution in [0.3, 0.4) is 0 Å². The summed E-state index contributed by atoms with van der Waals surface area (Å²) in [6.07, 6.45) is -4.60. The van der Waals surface area contributed by atoms with Gasteiger partial charge in [0.05, 0.1) is 22.7 Å². The van der Waals surface area contributed by atoms with Gasteiger partial charge in [-0.15, -0.1) is 0 Å². The first-order valence-electron chi connectivity index (χ1n) is 10.1. The molecule has 33 heavy (non-hydrogen) atoms. The summed E-state index contributed by atoms with van der Waals surface area (Å²) < 4.78 is 69.0. The molecule has 0 aliphatic rings. The quantitative estimate of drug-likeness (QED) is 0.577. The molecule has 1 heterocycles. The molecule has 1 amide bonds. The SMILES string of the molecule is Cc1ccc(C(F)(F)F)c(Cn2nc(C(C)(C)C)cc2C(=O)NS(=O)(=O)c2ccccc2)c1. The maximum atomic E-state index is 13.6. The van der Waals surface area contributed by atoms with Crippen LogP contribution in [0.1, 0.15) is 53.6 Å². The van der Waals surface area contributed by atoms with Crippen molar-refractivity contribution in [3.63, 3.8) is 0 Å². The van der Waals surface area contributed by atoms with Gasteiger partial charge < -0.3 is 0 Å². The molecule has 2 aromatic carbocycles. The molecule has 0 saturated heterocycles. The summed E-state index contributed by atoms with van der Waals surface area (Å²) >= 11 is 0. The van der Waals surface area contributed by atoms with Gasteiger partial charge in [-0.05, 0) is 36.8 Å². The smallest absolute Gasteiger partial charge is 0.266 e. The van der Waals surface area contributed by atoms with Crippen molar-refractivity contribution in [3.8, 4) is 0 Å². The van der Waals surface area contributed by atoms with Crippen molar-refractivity contribution in [3.05, 3.63) is 82.7 Å². The number of hydrogen-bond donors (Lipinski definition) is 1. The van der Waals surface area contributed by atoms with Crippen molar-refractivity contribution in [1.82, 2.24) is 14.5 Å². The number of amides is 1. The molecule has 0 saturated carbocycles. The molecule has 176 valence electrons. The molecular weight excluding hydrogens is 455 g/mol. The third-order valence-electron chi connectivity index (χ3n) is 4.95. The molecule has 0 bridgehead atoms. The summed E-state index contributed by atoms with van der Waals surface area (Å²) in [6.45, 7) is 6.79. The first-order valence-corrected chi connectivity index (χ1v) is 11.5. The van der Waals surface area contributed by atoms with Crippen LogP contribution in [0, 0.1) is 6.92 Å². The zero-order valence-corrected chi connectivity index (χ0v) is 19.4. The van der Waals surface area contributed by atoms with E-state index in [1.165, 1.54) is 42.5 Å². The van der Waals surface area contributed by atoms with Gasteiger partial charge in [-0.1, -0.05) is 56.7 Å². The van der Waals surface area contributed by atoms with Crippen LogP contribution in [0.4, 0.5) is 13.2 Å². The minimum Gasteiger partial charge on any atom is -0.266 e. The molecule has 3 rings (SSSR count). The fourth-order valence-electron chi connectivity index (χ4n) is 3.21. The van der Waals surface area contributed by atoms with Crippen LogP contribution < -0.4 is 4.72 Å². The predicted octanol–water partition coefficient (Wildman–Crippen LogP) is 4.67. The van der Waals surface area contributed by atoms with E-state index in [0.717, 1.165) is 10.7 Å².